The van der Waals surface area contributed by atoms with Gasteiger partial charge in [0, 0.05) is 13.0 Å². The Hall–Kier alpha value is -3.47. The second-order valence-corrected chi connectivity index (χ2v) is 8.29. The minimum absolute atomic E-state index is 0.0369. The Morgan fingerprint density at radius 2 is 1.50 bits per heavy atom. The van der Waals surface area contributed by atoms with Crippen LogP contribution in [0, 0.1) is 5.92 Å². The van der Waals surface area contributed by atoms with Crippen LogP contribution in [0.25, 0.3) is 11.1 Å². The summed E-state index contributed by atoms with van der Waals surface area (Å²) in [6.07, 6.45) is 2.55. The summed E-state index contributed by atoms with van der Waals surface area (Å²) in [5.74, 6) is 3.83. The van der Waals surface area contributed by atoms with Gasteiger partial charge in [-0.15, -0.1) is 0 Å². The third-order valence-electron chi connectivity index (χ3n) is 5.22. The molecule has 0 aromatic heterocycles. The summed E-state index contributed by atoms with van der Waals surface area (Å²) in [6.45, 7) is 4.63. The standard InChI is InChI=1S/C27H29NO4/c1-19(28-20(2)29)17-30-24-12-8-22(9-13-24)23-10-14-25(15-11-23)32-27-5-3-4-26(16-27)31-18-21-6-7-21/h3-5,8-16,19,21H,6-7,17-18H2,1-2H3,(H,28,29). The quantitative estimate of drug-likeness (QED) is 0.438. The van der Waals surface area contributed by atoms with Crippen molar-refractivity contribution in [2.45, 2.75) is 32.7 Å². The maximum Gasteiger partial charge on any atom is 0.217 e. The lowest BCUT2D eigenvalue weighted by Crippen LogP contribution is -2.35. The highest BCUT2D eigenvalue weighted by Crippen LogP contribution is 2.31. The summed E-state index contributed by atoms with van der Waals surface area (Å²) in [5.41, 5.74) is 2.19. The first-order chi connectivity index (χ1) is 15.5. The SMILES string of the molecule is CC(=O)NC(C)COc1ccc(-c2ccc(Oc3cccc(OCC4CC4)c3)cc2)cc1. The normalized spacial score (nSPS) is 13.8. The highest BCUT2D eigenvalue weighted by molar-refractivity contribution is 5.73. The number of ether oxygens (including phenoxy) is 3. The van der Waals surface area contributed by atoms with Gasteiger partial charge in [0.15, 0.2) is 0 Å². The van der Waals surface area contributed by atoms with Gasteiger partial charge in [-0.25, -0.2) is 0 Å². The van der Waals surface area contributed by atoms with Gasteiger partial charge in [0.2, 0.25) is 5.91 Å². The van der Waals surface area contributed by atoms with E-state index in [-0.39, 0.29) is 11.9 Å². The molecule has 0 bridgehead atoms. The van der Waals surface area contributed by atoms with Crippen molar-refractivity contribution in [1.29, 1.82) is 0 Å². The molecular formula is C27H29NO4. The number of benzene rings is 3. The van der Waals surface area contributed by atoms with Crippen LogP contribution in [0.2, 0.25) is 0 Å². The van der Waals surface area contributed by atoms with Gasteiger partial charge in [-0.05, 0) is 73.2 Å². The van der Waals surface area contributed by atoms with E-state index < -0.39 is 0 Å². The van der Waals surface area contributed by atoms with Crippen molar-refractivity contribution in [2.24, 2.45) is 5.92 Å². The largest absolute Gasteiger partial charge is 0.493 e. The lowest BCUT2D eigenvalue weighted by molar-refractivity contribution is -0.119. The van der Waals surface area contributed by atoms with Gasteiger partial charge >= 0.3 is 0 Å². The Balaban J connectivity index is 1.32. The number of rotatable bonds is 10. The molecule has 0 aliphatic heterocycles. The average Bonchev–Trinajstić information content (AvgIpc) is 3.62. The fourth-order valence-corrected chi connectivity index (χ4v) is 3.33. The Labute approximate surface area is 189 Å². The van der Waals surface area contributed by atoms with E-state index in [0.29, 0.717) is 6.61 Å². The van der Waals surface area contributed by atoms with Crippen molar-refractivity contribution < 1.29 is 19.0 Å². The zero-order valence-corrected chi connectivity index (χ0v) is 18.5. The average molecular weight is 432 g/mol. The van der Waals surface area contributed by atoms with Gasteiger partial charge in [0.1, 0.15) is 29.6 Å². The summed E-state index contributed by atoms with van der Waals surface area (Å²) in [6, 6.07) is 23.7. The molecule has 0 heterocycles. The summed E-state index contributed by atoms with van der Waals surface area (Å²) in [5, 5.41) is 2.81. The van der Waals surface area contributed by atoms with Crippen LogP contribution in [0.4, 0.5) is 0 Å². The molecule has 1 aliphatic rings. The maximum atomic E-state index is 11.1. The first-order valence-electron chi connectivity index (χ1n) is 11.1. The molecule has 5 nitrogen and oxygen atoms in total. The van der Waals surface area contributed by atoms with Crippen molar-refractivity contribution in [3.63, 3.8) is 0 Å². The predicted octanol–water partition coefficient (Wildman–Crippen LogP) is 5.84. The zero-order valence-electron chi connectivity index (χ0n) is 18.5. The van der Waals surface area contributed by atoms with Crippen LogP contribution in [0.5, 0.6) is 23.0 Å². The topological polar surface area (TPSA) is 56.8 Å². The molecule has 1 amide bonds. The maximum absolute atomic E-state index is 11.1. The number of hydrogen-bond donors (Lipinski definition) is 1. The van der Waals surface area contributed by atoms with Crippen molar-refractivity contribution in [3.8, 4) is 34.1 Å². The number of nitrogens with one attached hydrogen (secondary N) is 1. The van der Waals surface area contributed by atoms with Gasteiger partial charge in [-0.3, -0.25) is 4.79 Å². The Kier molecular flexibility index (Phi) is 6.95. The monoisotopic (exact) mass is 431 g/mol. The van der Waals surface area contributed by atoms with E-state index in [1.807, 2.05) is 79.7 Å². The molecule has 1 saturated carbocycles. The molecule has 1 N–H and O–H groups in total. The van der Waals surface area contributed by atoms with E-state index in [9.17, 15) is 4.79 Å². The molecule has 1 unspecified atom stereocenters. The number of carbonyl (C=O) groups excluding carboxylic acids is 1. The molecule has 1 fully saturated rings. The van der Waals surface area contributed by atoms with Gasteiger partial charge in [-0.1, -0.05) is 30.3 Å². The van der Waals surface area contributed by atoms with E-state index in [0.717, 1.165) is 46.6 Å². The molecule has 4 rings (SSSR count). The van der Waals surface area contributed by atoms with Crippen molar-refractivity contribution >= 4 is 5.91 Å². The van der Waals surface area contributed by atoms with E-state index in [4.69, 9.17) is 14.2 Å². The first-order valence-corrected chi connectivity index (χ1v) is 11.1. The van der Waals surface area contributed by atoms with Crippen molar-refractivity contribution in [2.75, 3.05) is 13.2 Å². The summed E-state index contributed by atoms with van der Waals surface area (Å²) in [4.78, 5) is 11.1. The predicted molar refractivity (Wildman–Crippen MR) is 125 cm³/mol. The molecule has 1 atom stereocenters. The van der Waals surface area contributed by atoms with Crippen molar-refractivity contribution in [1.82, 2.24) is 5.32 Å². The Morgan fingerprint density at radius 1 is 0.875 bits per heavy atom. The fraction of sp³-hybridized carbons (Fsp3) is 0.296. The fourth-order valence-electron chi connectivity index (χ4n) is 3.33. The smallest absolute Gasteiger partial charge is 0.217 e. The van der Waals surface area contributed by atoms with Crippen LogP contribution in [-0.4, -0.2) is 25.2 Å². The van der Waals surface area contributed by atoms with Gasteiger partial charge in [0.05, 0.1) is 12.6 Å². The van der Waals surface area contributed by atoms with Gasteiger partial charge < -0.3 is 19.5 Å². The van der Waals surface area contributed by atoms with Gasteiger partial charge in [-0.2, -0.15) is 0 Å². The molecule has 0 spiro atoms. The lowest BCUT2D eigenvalue weighted by atomic mass is 10.1. The molecule has 166 valence electrons. The molecular weight excluding hydrogens is 402 g/mol. The second kappa shape index (κ2) is 10.2. The second-order valence-electron chi connectivity index (χ2n) is 8.29. The molecule has 3 aromatic rings. The highest BCUT2D eigenvalue weighted by atomic mass is 16.5. The molecule has 0 radical (unpaired) electrons. The third kappa shape index (κ3) is 6.51. The lowest BCUT2D eigenvalue weighted by Gasteiger charge is -2.14. The molecule has 5 heteroatoms. The molecule has 3 aromatic carbocycles. The van der Waals surface area contributed by atoms with Gasteiger partial charge in [0.25, 0.3) is 0 Å². The Morgan fingerprint density at radius 3 is 2.12 bits per heavy atom. The number of hydrogen-bond acceptors (Lipinski definition) is 4. The summed E-state index contributed by atoms with van der Waals surface area (Å²) in [7, 11) is 0. The van der Waals surface area contributed by atoms with Crippen LogP contribution in [0.3, 0.4) is 0 Å². The minimum atomic E-state index is -0.0570. The minimum Gasteiger partial charge on any atom is -0.493 e. The number of carbonyl (C=O) groups is 1. The third-order valence-corrected chi connectivity index (χ3v) is 5.22. The molecule has 32 heavy (non-hydrogen) atoms. The van der Waals surface area contributed by atoms with Crippen molar-refractivity contribution in [3.05, 3.63) is 72.8 Å². The van der Waals surface area contributed by atoms with E-state index >= 15 is 0 Å². The first kappa shape index (κ1) is 21.8. The summed E-state index contributed by atoms with van der Waals surface area (Å²) < 4.78 is 17.6. The zero-order chi connectivity index (χ0) is 22.3. The molecule has 1 aliphatic carbocycles. The van der Waals surface area contributed by atoms with E-state index in [1.165, 1.54) is 19.8 Å². The van der Waals surface area contributed by atoms with E-state index in [1.54, 1.807) is 0 Å². The van der Waals surface area contributed by atoms with Crippen LogP contribution < -0.4 is 19.5 Å². The van der Waals surface area contributed by atoms with E-state index in [2.05, 4.69) is 5.32 Å². The number of amides is 1. The van der Waals surface area contributed by atoms with Crippen LogP contribution in [0.15, 0.2) is 72.8 Å². The van der Waals surface area contributed by atoms with Crippen LogP contribution in [-0.2, 0) is 4.79 Å². The molecule has 0 saturated heterocycles. The Bertz CT molecular complexity index is 1030. The highest BCUT2D eigenvalue weighted by Gasteiger charge is 2.21. The summed E-state index contributed by atoms with van der Waals surface area (Å²) >= 11 is 0. The van der Waals surface area contributed by atoms with Crippen LogP contribution >= 0.6 is 0 Å². The van der Waals surface area contributed by atoms with Crippen LogP contribution in [0.1, 0.15) is 26.7 Å².